The molecule has 0 aliphatic rings. The third kappa shape index (κ3) is 2.36. The summed E-state index contributed by atoms with van der Waals surface area (Å²) in [7, 11) is 0. The Balaban J connectivity index is 2.28. The minimum atomic E-state index is 0.331. The summed E-state index contributed by atoms with van der Waals surface area (Å²) in [6.45, 7) is 4.17. The van der Waals surface area contributed by atoms with E-state index in [0.717, 1.165) is 26.9 Å². The molecule has 0 spiro atoms. The van der Waals surface area contributed by atoms with Gasteiger partial charge in [-0.15, -0.1) is 0 Å². The molecule has 0 aliphatic heterocycles. The standard InChI is InChI=1S/C17H15BrN2O/c1-10-6-5-8-12(11(10)2)16-15(17(19)21-20-16)13-7-3-4-9-14(13)18/h3-9H,19H2,1-2H3. The van der Waals surface area contributed by atoms with Crippen LogP contribution >= 0.6 is 15.9 Å². The number of nitrogens with zero attached hydrogens (tertiary/aromatic N) is 1. The van der Waals surface area contributed by atoms with Gasteiger partial charge in [-0.2, -0.15) is 0 Å². The maximum atomic E-state index is 6.02. The molecule has 1 heterocycles. The van der Waals surface area contributed by atoms with Crippen molar-refractivity contribution in [2.75, 3.05) is 5.73 Å². The van der Waals surface area contributed by atoms with Crippen molar-refractivity contribution < 1.29 is 4.52 Å². The zero-order valence-corrected chi connectivity index (χ0v) is 13.4. The van der Waals surface area contributed by atoms with Crippen LogP contribution in [0.4, 0.5) is 5.88 Å². The Morgan fingerprint density at radius 3 is 2.48 bits per heavy atom. The summed E-state index contributed by atoms with van der Waals surface area (Å²) in [6.07, 6.45) is 0. The van der Waals surface area contributed by atoms with Gasteiger partial charge in [0, 0.05) is 15.6 Å². The van der Waals surface area contributed by atoms with Crippen molar-refractivity contribution in [1.29, 1.82) is 0 Å². The lowest BCUT2D eigenvalue weighted by atomic mass is 9.96. The van der Waals surface area contributed by atoms with Gasteiger partial charge in [-0.3, -0.25) is 0 Å². The molecule has 0 atom stereocenters. The fourth-order valence-electron chi connectivity index (χ4n) is 2.42. The summed E-state index contributed by atoms with van der Waals surface area (Å²) in [4.78, 5) is 0. The quantitative estimate of drug-likeness (QED) is 0.715. The molecule has 0 amide bonds. The van der Waals surface area contributed by atoms with Gasteiger partial charge in [0.15, 0.2) is 0 Å². The second kappa shape index (κ2) is 5.37. The number of rotatable bonds is 2. The molecule has 0 fully saturated rings. The van der Waals surface area contributed by atoms with E-state index in [1.54, 1.807) is 0 Å². The number of aromatic nitrogens is 1. The van der Waals surface area contributed by atoms with E-state index in [4.69, 9.17) is 10.3 Å². The molecule has 106 valence electrons. The molecule has 2 aromatic carbocycles. The highest BCUT2D eigenvalue weighted by molar-refractivity contribution is 9.10. The first-order chi connectivity index (χ1) is 10.1. The average molecular weight is 343 g/mol. The van der Waals surface area contributed by atoms with Crippen LogP contribution in [0.2, 0.25) is 0 Å². The number of hydrogen-bond donors (Lipinski definition) is 1. The number of anilines is 1. The van der Waals surface area contributed by atoms with E-state index in [1.165, 1.54) is 11.1 Å². The normalized spacial score (nSPS) is 10.8. The third-order valence-electron chi connectivity index (χ3n) is 3.72. The molecular weight excluding hydrogens is 328 g/mol. The number of halogens is 1. The van der Waals surface area contributed by atoms with E-state index in [2.05, 4.69) is 41.0 Å². The molecular formula is C17H15BrN2O. The lowest BCUT2D eigenvalue weighted by molar-refractivity contribution is 0.439. The highest BCUT2D eigenvalue weighted by Gasteiger charge is 2.20. The van der Waals surface area contributed by atoms with Crippen molar-refractivity contribution in [3.63, 3.8) is 0 Å². The maximum Gasteiger partial charge on any atom is 0.230 e. The largest absolute Gasteiger partial charge is 0.367 e. The zero-order chi connectivity index (χ0) is 15.0. The van der Waals surface area contributed by atoms with Gasteiger partial charge in [-0.05, 0) is 31.0 Å². The highest BCUT2D eigenvalue weighted by Crippen LogP contribution is 2.40. The van der Waals surface area contributed by atoms with Crippen molar-refractivity contribution in [2.45, 2.75) is 13.8 Å². The van der Waals surface area contributed by atoms with Crippen LogP contribution in [-0.4, -0.2) is 5.16 Å². The summed E-state index contributed by atoms with van der Waals surface area (Å²) in [5.41, 5.74) is 12.0. The minimum absolute atomic E-state index is 0.331. The van der Waals surface area contributed by atoms with Crippen LogP contribution in [0.15, 0.2) is 51.5 Å². The van der Waals surface area contributed by atoms with Crippen molar-refractivity contribution >= 4 is 21.8 Å². The first-order valence-electron chi connectivity index (χ1n) is 6.66. The molecule has 3 nitrogen and oxygen atoms in total. The lowest BCUT2D eigenvalue weighted by Crippen LogP contribution is -1.91. The predicted octanol–water partition coefficient (Wildman–Crippen LogP) is 4.97. The maximum absolute atomic E-state index is 6.02. The molecule has 1 aromatic heterocycles. The van der Waals surface area contributed by atoms with Crippen molar-refractivity contribution in [2.24, 2.45) is 0 Å². The lowest BCUT2D eigenvalue weighted by Gasteiger charge is -2.09. The molecule has 3 aromatic rings. The Bertz CT molecular complexity index is 808. The zero-order valence-electron chi connectivity index (χ0n) is 11.9. The fourth-order valence-corrected chi connectivity index (χ4v) is 2.90. The van der Waals surface area contributed by atoms with Crippen molar-refractivity contribution in [1.82, 2.24) is 5.16 Å². The van der Waals surface area contributed by atoms with E-state index < -0.39 is 0 Å². The van der Waals surface area contributed by atoms with Gasteiger partial charge in [0.1, 0.15) is 5.69 Å². The fraction of sp³-hybridized carbons (Fsp3) is 0.118. The number of hydrogen-bond acceptors (Lipinski definition) is 3. The second-order valence-corrected chi connectivity index (χ2v) is 5.85. The third-order valence-corrected chi connectivity index (χ3v) is 4.41. The molecule has 21 heavy (non-hydrogen) atoms. The van der Waals surface area contributed by atoms with Gasteiger partial charge in [0.05, 0.1) is 5.56 Å². The van der Waals surface area contributed by atoms with E-state index in [1.807, 2.05) is 36.4 Å². The second-order valence-electron chi connectivity index (χ2n) is 5.00. The Hall–Kier alpha value is -2.07. The Labute approximate surface area is 131 Å². The van der Waals surface area contributed by atoms with Crippen LogP contribution in [0, 0.1) is 13.8 Å². The predicted molar refractivity (Wildman–Crippen MR) is 89.0 cm³/mol. The van der Waals surface area contributed by atoms with E-state index in [9.17, 15) is 0 Å². The molecule has 0 saturated carbocycles. The monoisotopic (exact) mass is 342 g/mol. The first kappa shape index (κ1) is 13.9. The van der Waals surface area contributed by atoms with Gasteiger partial charge in [0.25, 0.3) is 0 Å². The van der Waals surface area contributed by atoms with Crippen LogP contribution < -0.4 is 5.73 Å². The molecule has 0 aliphatic carbocycles. The van der Waals surface area contributed by atoms with Crippen LogP contribution in [-0.2, 0) is 0 Å². The van der Waals surface area contributed by atoms with Gasteiger partial charge in [-0.25, -0.2) is 0 Å². The summed E-state index contributed by atoms with van der Waals surface area (Å²) < 4.78 is 6.23. The number of aryl methyl sites for hydroxylation is 1. The smallest absolute Gasteiger partial charge is 0.230 e. The number of benzene rings is 2. The highest BCUT2D eigenvalue weighted by atomic mass is 79.9. The average Bonchev–Trinajstić information content (AvgIpc) is 2.84. The van der Waals surface area contributed by atoms with E-state index in [0.29, 0.717) is 5.88 Å². The van der Waals surface area contributed by atoms with Gasteiger partial charge in [0.2, 0.25) is 5.88 Å². The van der Waals surface area contributed by atoms with E-state index in [-0.39, 0.29) is 0 Å². The van der Waals surface area contributed by atoms with Crippen LogP contribution in [0.3, 0.4) is 0 Å². The van der Waals surface area contributed by atoms with Gasteiger partial charge < -0.3 is 10.3 Å². The molecule has 3 rings (SSSR count). The van der Waals surface area contributed by atoms with Crippen LogP contribution in [0.1, 0.15) is 11.1 Å². The Kier molecular flexibility index (Phi) is 3.55. The Morgan fingerprint density at radius 1 is 1.00 bits per heavy atom. The molecule has 0 bridgehead atoms. The molecule has 2 N–H and O–H groups in total. The van der Waals surface area contributed by atoms with Gasteiger partial charge in [-0.1, -0.05) is 57.5 Å². The first-order valence-corrected chi connectivity index (χ1v) is 7.45. The topological polar surface area (TPSA) is 52.0 Å². The summed E-state index contributed by atoms with van der Waals surface area (Å²) >= 11 is 3.57. The van der Waals surface area contributed by atoms with Crippen LogP contribution in [0.25, 0.3) is 22.4 Å². The van der Waals surface area contributed by atoms with Gasteiger partial charge >= 0.3 is 0 Å². The number of nitrogens with two attached hydrogens (primary N) is 1. The summed E-state index contributed by atoms with van der Waals surface area (Å²) in [5, 5.41) is 4.18. The molecule has 4 heteroatoms. The summed E-state index contributed by atoms with van der Waals surface area (Å²) in [6, 6.07) is 14.1. The van der Waals surface area contributed by atoms with E-state index >= 15 is 0 Å². The number of nitrogen functional groups attached to an aromatic ring is 1. The van der Waals surface area contributed by atoms with Crippen molar-refractivity contribution in [3.05, 3.63) is 58.1 Å². The molecule has 0 saturated heterocycles. The minimum Gasteiger partial charge on any atom is -0.367 e. The molecule has 0 unspecified atom stereocenters. The van der Waals surface area contributed by atoms with Crippen LogP contribution in [0.5, 0.6) is 0 Å². The Morgan fingerprint density at radius 2 is 1.71 bits per heavy atom. The summed E-state index contributed by atoms with van der Waals surface area (Å²) in [5.74, 6) is 0.331. The molecule has 0 radical (unpaired) electrons. The van der Waals surface area contributed by atoms with Crippen molar-refractivity contribution in [3.8, 4) is 22.4 Å². The SMILES string of the molecule is Cc1cccc(-c2noc(N)c2-c2ccccc2Br)c1C.